The van der Waals surface area contributed by atoms with E-state index in [1.165, 1.54) is 0 Å². The van der Waals surface area contributed by atoms with E-state index in [9.17, 15) is 4.79 Å². The molecule has 0 saturated carbocycles. The van der Waals surface area contributed by atoms with Crippen LogP contribution in [0.25, 0.3) is 10.9 Å². The van der Waals surface area contributed by atoms with E-state index in [0.29, 0.717) is 21.7 Å². The summed E-state index contributed by atoms with van der Waals surface area (Å²) < 4.78 is 0. The molecule has 0 radical (unpaired) electrons. The number of anilines is 1. The normalized spacial score (nSPS) is 10.4. The summed E-state index contributed by atoms with van der Waals surface area (Å²) in [5.41, 5.74) is 0.732. The van der Waals surface area contributed by atoms with Gasteiger partial charge in [-0.1, -0.05) is 23.7 Å². The second-order valence-electron chi connectivity index (χ2n) is 3.25. The van der Waals surface area contributed by atoms with E-state index < -0.39 is 5.97 Å². The highest BCUT2D eigenvalue weighted by Gasteiger charge is 2.13. The van der Waals surface area contributed by atoms with Gasteiger partial charge in [0, 0.05) is 12.4 Å². The van der Waals surface area contributed by atoms with Gasteiger partial charge in [0.25, 0.3) is 0 Å². The van der Waals surface area contributed by atoms with E-state index in [-0.39, 0.29) is 5.56 Å². The summed E-state index contributed by atoms with van der Waals surface area (Å²) >= 11 is 5.98. The molecule has 0 spiro atoms. The molecule has 2 aromatic rings. The first kappa shape index (κ1) is 10.7. The van der Waals surface area contributed by atoms with Gasteiger partial charge in [0.1, 0.15) is 11.4 Å². The second-order valence-corrected chi connectivity index (χ2v) is 3.66. The average Bonchev–Trinajstić information content (AvgIpc) is 2.28. The minimum Gasteiger partial charge on any atom is -0.478 e. The average molecular weight is 237 g/mol. The Kier molecular flexibility index (Phi) is 2.66. The minimum atomic E-state index is -1.02. The molecule has 4 nitrogen and oxygen atoms in total. The van der Waals surface area contributed by atoms with Gasteiger partial charge in [-0.15, -0.1) is 0 Å². The van der Waals surface area contributed by atoms with Crippen molar-refractivity contribution in [2.24, 2.45) is 0 Å². The molecule has 2 N–H and O–H groups in total. The maximum atomic E-state index is 11.0. The highest BCUT2D eigenvalue weighted by molar-refractivity contribution is 6.35. The molecule has 1 aromatic carbocycles. The van der Waals surface area contributed by atoms with Crippen LogP contribution in [0.15, 0.2) is 24.3 Å². The summed E-state index contributed by atoms with van der Waals surface area (Å²) in [6.45, 7) is 0. The Morgan fingerprint density at radius 1 is 1.50 bits per heavy atom. The number of pyridine rings is 1. The van der Waals surface area contributed by atoms with Crippen LogP contribution in [-0.2, 0) is 0 Å². The zero-order valence-corrected chi connectivity index (χ0v) is 9.25. The fraction of sp³-hybridized carbons (Fsp3) is 0.0909. The lowest BCUT2D eigenvalue weighted by Crippen LogP contribution is -2.05. The summed E-state index contributed by atoms with van der Waals surface area (Å²) in [6, 6.07) is 6.82. The molecular weight excluding hydrogens is 228 g/mol. The molecule has 0 aliphatic carbocycles. The summed E-state index contributed by atoms with van der Waals surface area (Å²) in [7, 11) is 1.62. The first-order chi connectivity index (χ1) is 7.63. The zero-order valence-electron chi connectivity index (χ0n) is 8.49. The number of benzene rings is 1. The minimum absolute atomic E-state index is 0.136. The predicted molar refractivity (Wildman–Crippen MR) is 63.3 cm³/mol. The number of carboxylic acids is 1. The van der Waals surface area contributed by atoms with Crippen molar-refractivity contribution in [1.82, 2.24) is 4.98 Å². The van der Waals surface area contributed by atoms with E-state index in [4.69, 9.17) is 16.7 Å². The van der Waals surface area contributed by atoms with Crippen molar-refractivity contribution in [1.29, 1.82) is 0 Å². The summed E-state index contributed by atoms with van der Waals surface area (Å²) in [5, 5.41) is 13.0. The van der Waals surface area contributed by atoms with Crippen molar-refractivity contribution in [3.05, 3.63) is 34.9 Å². The van der Waals surface area contributed by atoms with Gasteiger partial charge in [0.15, 0.2) is 0 Å². The van der Waals surface area contributed by atoms with Crippen LogP contribution >= 0.6 is 11.6 Å². The maximum Gasteiger partial charge on any atom is 0.339 e. The van der Waals surface area contributed by atoms with Gasteiger partial charge in [0.2, 0.25) is 0 Å². The number of hydrogen-bond donors (Lipinski definition) is 2. The number of carboxylic acid groups (broad SMARTS) is 1. The van der Waals surface area contributed by atoms with Crippen LogP contribution in [0.2, 0.25) is 5.02 Å². The van der Waals surface area contributed by atoms with Crippen molar-refractivity contribution >= 4 is 34.3 Å². The lowest BCUT2D eigenvalue weighted by Gasteiger charge is -2.07. The van der Waals surface area contributed by atoms with Crippen molar-refractivity contribution in [3.63, 3.8) is 0 Å². The van der Waals surface area contributed by atoms with Gasteiger partial charge in [-0.25, -0.2) is 9.78 Å². The molecule has 5 heteroatoms. The van der Waals surface area contributed by atoms with Crippen LogP contribution < -0.4 is 5.32 Å². The highest BCUT2D eigenvalue weighted by Crippen LogP contribution is 2.25. The van der Waals surface area contributed by atoms with Crippen molar-refractivity contribution in [2.45, 2.75) is 0 Å². The molecule has 0 atom stereocenters. The van der Waals surface area contributed by atoms with E-state index >= 15 is 0 Å². The summed E-state index contributed by atoms with van der Waals surface area (Å²) in [5.74, 6) is -0.702. The van der Waals surface area contributed by atoms with Crippen LogP contribution in [0.1, 0.15) is 10.4 Å². The Labute approximate surface area is 96.9 Å². The van der Waals surface area contributed by atoms with Crippen LogP contribution in [-0.4, -0.2) is 23.1 Å². The SMILES string of the molecule is CNc1nc2c(Cl)cccc2cc1C(=O)O. The van der Waals surface area contributed by atoms with Crippen LogP contribution in [0.4, 0.5) is 5.82 Å². The molecule has 1 heterocycles. The van der Waals surface area contributed by atoms with Gasteiger partial charge in [-0.2, -0.15) is 0 Å². The molecule has 82 valence electrons. The first-order valence-electron chi connectivity index (χ1n) is 4.64. The molecule has 0 unspecified atom stereocenters. The molecule has 0 aliphatic heterocycles. The quantitative estimate of drug-likeness (QED) is 0.842. The largest absolute Gasteiger partial charge is 0.478 e. The van der Waals surface area contributed by atoms with Crippen LogP contribution in [0.3, 0.4) is 0 Å². The Hall–Kier alpha value is -1.81. The Balaban J connectivity index is 2.80. The summed E-state index contributed by atoms with van der Waals surface area (Å²) in [4.78, 5) is 15.2. The van der Waals surface area contributed by atoms with E-state index in [1.54, 1.807) is 31.3 Å². The number of para-hydroxylation sites is 1. The van der Waals surface area contributed by atoms with Crippen molar-refractivity contribution in [3.8, 4) is 0 Å². The van der Waals surface area contributed by atoms with Crippen molar-refractivity contribution in [2.75, 3.05) is 12.4 Å². The third kappa shape index (κ3) is 1.67. The first-order valence-corrected chi connectivity index (χ1v) is 5.01. The number of hydrogen-bond acceptors (Lipinski definition) is 3. The van der Waals surface area contributed by atoms with Gasteiger partial charge in [-0.05, 0) is 12.1 Å². The number of nitrogens with one attached hydrogen (secondary N) is 1. The van der Waals surface area contributed by atoms with Crippen LogP contribution in [0, 0.1) is 0 Å². The van der Waals surface area contributed by atoms with E-state index in [0.717, 1.165) is 0 Å². The molecule has 0 saturated heterocycles. The molecule has 2 rings (SSSR count). The molecule has 1 aromatic heterocycles. The number of carbonyl (C=O) groups is 1. The molecule has 16 heavy (non-hydrogen) atoms. The zero-order chi connectivity index (χ0) is 11.7. The number of aromatic carboxylic acids is 1. The third-order valence-corrected chi connectivity index (χ3v) is 2.57. The molecule has 0 amide bonds. The predicted octanol–water partition coefficient (Wildman–Crippen LogP) is 2.63. The molecule has 0 fully saturated rings. The summed E-state index contributed by atoms with van der Waals surface area (Å²) in [6.07, 6.45) is 0. The molecule has 0 bridgehead atoms. The monoisotopic (exact) mass is 236 g/mol. The smallest absolute Gasteiger partial charge is 0.339 e. The number of halogens is 1. The topological polar surface area (TPSA) is 62.2 Å². The fourth-order valence-electron chi connectivity index (χ4n) is 1.52. The highest BCUT2D eigenvalue weighted by atomic mass is 35.5. The number of fused-ring (bicyclic) bond motifs is 1. The Bertz CT molecular complexity index is 569. The standard InChI is InChI=1S/C11H9ClN2O2/c1-13-10-7(11(15)16)5-6-3-2-4-8(12)9(6)14-10/h2-5H,1H3,(H,13,14)(H,15,16). The molecular formula is C11H9ClN2O2. The van der Waals surface area contributed by atoms with Gasteiger partial charge < -0.3 is 10.4 Å². The third-order valence-electron chi connectivity index (χ3n) is 2.26. The van der Waals surface area contributed by atoms with Crippen molar-refractivity contribution < 1.29 is 9.90 Å². The van der Waals surface area contributed by atoms with Gasteiger partial charge >= 0.3 is 5.97 Å². The molecule has 0 aliphatic rings. The van der Waals surface area contributed by atoms with Gasteiger partial charge in [0.05, 0.1) is 10.5 Å². The van der Waals surface area contributed by atoms with E-state index in [2.05, 4.69) is 10.3 Å². The van der Waals surface area contributed by atoms with Gasteiger partial charge in [-0.3, -0.25) is 0 Å². The second kappa shape index (κ2) is 3.98. The number of nitrogens with zero attached hydrogens (tertiary/aromatic N) is 1. The van der Waals surface area contributed by atoms with Crippen LogP contribution in [0.5, 0.6) is 0 Å². The maximum absolute atomic E-state index is 11.0. The number of rotatable bonds is 2. The Morgan fingerprint density at radius 2 is 2.25 bits per heavy atom. The Morgan fingerprint density at radius 3 is 2.88 bits per heavy atom. The fourth-order valence-corrected chi connectivity index (χ4v) is 1.74. The van der Waals surface area contributed by atoms with E-state index in [1.807, 2.05) is 0 Å². The lowest BCUT2D eigenvalue weighted by atomic mass is 10.1. The number of aromatic nitrogens is 1. The lowest BCUT2D eigenvalue weighted by molar-refractivity contribution is 0.0698.